The Kier molecular flexibility index (Phi) is 4.24. The number of benzene rings is 1. The van der Waals surface area contributed by atoms with Crippen LogP contribution in [-0.2, 0) is 16.4 Å². The molecule has 0 spiro atoms. The van der Waals surface area contributed by atoms with E-state index in [1.54, 1.807) is 24.4 Å². The Balaban J connectivity index is 2.11. The molecule has 2 aromatic rings. The van der Waals surface area contributed by atoms with Crippen LogP contribution in [0.4, 0.5) is 5.69 Å². The van der Waals surface area contributed by atoms with Crippen LogP contribution in [0.5, 0.6) is 5.75 Å². The summed E-state index contributed by atoms with van der Waals surface area (Å²) in [5.74, 6) is 0.504. The van der Waals surface area contributed by atoms with Gasteiger partial charge in [0, 0.05) is 25.2 Å². The molecule has 0 bridgehead atoms. The van der Waals surface area contributed by atoms with Crippen LogP contribution in [0.3, 0.4) is 0 Å². The maximum Gasteiger partial charge on any atom is 0.175 e. The molecular formula is C14H16N2O3S. The number of rotatable bonds is 5. The molecule has 0 atom stereocenters. The molecule has 1 heterocycles. The van der Waals surface area contributed by atoms with E-state index < -0.39 is 9.84 Å². The minimum absolute atomic E-state index is 0.243. The minimum atomic E-state index is -3.22. The van der Waals surface area contributed by atoms with Crippen LogP contribution < -0.4 is 10.1 Å². The lowest BCUT2D eigenvalue weighted by Crippen LogP contribution is -2.01. The molecule has 0 fully saturated rings. The zero-order valence-corrected chi connectivity index (χ0v) is 12.1. The van der Waals surface area contributed by atoms with Gasteiger partial charge in [0.15, 0.2) is 9.84 Å². The number of aromatic nitrogens is 1. The van der Waals surface area contributed by atoms with E-state index in [2.05, 4.69) is 10.3 Å². The van der Waals surface area contributed by atoms with Crippen molar-refractivity contribution < 1.29 is 13.2 Å². The molecule has 0 unspecified atom stereocenters. The van der Waals surface area contributed by atoms with E-state index in [4.69, 9.17) is 4.74 Å². The van der Waals surface area contributed by atoms with Crippen molar-refractivity contribution in [2.45, 2.75) is 11.5 Å². The largest absolute Gasteiger partial charge is 0.487 e. The molecule has 1 aromatic carbocycles. The lowest BCUT2D eigenvalue weighted by atomic mass is 10.3. The quantitative estimate of drug-likeness (QED) is 0.914. The van der Waals surface area contributed by atoms with Gasteiger partial charge in [-0.3, -0.25) is 4.98 Å². The van der Waals surface area contributed by atoms with Gasteiger partial charge in [-0.25, -0.2) is 8.42 Å². The molecule has 1 aromatic heterocycles. The first kappa shape index (κ1) is 14.3. The summed E-state index contributed by atoms with van der Waals surface area (Å²) in [5.41, 5.74) is 1.71. The van der Waals surface area contributed by atoms with Gasteiger partial charge in [0.1, 0.15) is 12.4 Å². The SMILES string of the molecule is CNc1ccnc(COc2cccc(S(C)(=O)=O)c2)c1. The van der Waals surface area contributed by atoms with E-state index in [1.165, 1.54) is 12.3 Å². The zero-order valence-electron chi connectivity index (χ0n) is 11.3. The summed E-state index contributed by atoms with van der Waals surface area (Å²) in [6, 6.07) is 10.2. The molecule has 0 saturated heterocycles. The lowest BCUT2D eigenvalue weighted by molar-refractivity contribution is 0.300. The Morgan fingerprint density at radius 2 is 2.05 bits per heavy atom. The second-order valence-corrected chi connectivity index (χ2v) is 6.34. The summed E-state index contributed by atoms with van der Waals surface area (Å²) in [4.78, 5) is 4.43. The van der Waals surface area contributed by atoms with Gasteiger partial charge >= 0.3 is 0 Å². The first-order valence-electron chi connectivity index (χ1n) is 6.04. The Hall–Kier alpha value is -2.08. The molecule has 2 rings (SSSR count). The van der Waals surface area contributed by atoms with Crippen LogP contribution in [0.1, 0.15) is 5.69 Å². The van der Waals surface area contributed by atoms with Crippen LogP contribution >= 0.6 is 0 Å². The Labute approximate surface area is 118 Å². The van der Waals surface area contributed by atoms with E-state index >= 15 is 0 Å². The van der Waals surface area contributed by atoms with Crippen molar-refractivity contribution >= 4 is 15.5 Å². The van der Waals surface area contributed by atoms with Gasteiger partial charge in [0.2, 0.25) is 0 Å². The van der Waals surface area contributed by atoms with E-state index in [0.29, 0.717) is 5.75 Å². The predicted octanol–water partition coefficient (Wildman–Crippen LogP) is 2.11. The maximum atomic E-state index is 11.5. The van der Waals surface area contributed by atoms with Crippen LogP contribution in [0.2, 0.25) is 0 Å². The van der Waals surface area contributed by atoms with E-state index in [0.717, 1.165) is 11.4 Å². The Bertz CT molecular complexity index is 699. The molecule has 5 nitrogen and oxygen atoms in total. The van der Waals surface area contributed by atoms with Crippen molar-refractivity contribution in [1.29, 1.82) is 0 Å². The number of hydrogen-bond acceptors (Lipinski definition) is 5. The molecule has 20 heavy (non-hydrogen) atoms. The van der Waals surface area contributed by atoms with Crippen LogP contribution in [0.15, 0.2) is 47.5 Å². The number of ether oxygens (including phenoxy) is 1. The molecule has 0 radical (unpaired) electrons. The topological polar surface area (TPSA) is 68.3 Å². The first-order chi connectivity index (χ1) is 9.49. The third-order valence-corrected chi connectivity index (χ3v) is 3.84. The molecule has 0 aliphatic carbocycles. The standard InChI is InChI=1S/C14H16N2O3S/c1-15-11-6-7-16-12(8-11)10-19-13-4-3-5-14(9-13)20(2,17)18/h3-9H,10H2,1-2H3,(H,15,16). The monoisotopic (exact) mass is 292 g/mol. The average molecular weight is 292 g/mol. The average Bonchev–Trinajstić information content (AvgIpc) is 2.45. The van der Waals surface area contributed by atoms with Crippen molar-refractivity contribution in [2.24, 2.45) is 0 Å². The van der Waals surface area contributed by atoms with Crippen molar-refractivity contribution in [3.63, 3.8) is 0 Å². The van der Waals surface area contributed by atoms with Gasteiger partial charge in [-0.1, -0.05) is 6.07 Å². The fourth-order valence-corrected chi connectivity index (χ4v) is 2.32. The summed E-state index contributed by atoms with van der Waals surface area (Å²) in [5, 5.41) is 3.02. The number of sulfone groups is 1. The highest BCUT2D eigenvalue weighted by molar-refractivity contribution is 7.90. The van der Waals surface area contributed by atoms with Crippen LogP contribution in [-0.4, -0.2) is 26.7 Å². The van der Waals surface area contributed by atoms with E-state index in [-0.39, 0.29) is 11.5 Å². The summed E-state index contributed by atoms with van der Waals surface area (Å²) >= 11 is 0. The zero-order chi connectivity index (χ0) is 14.6. The number of pyridine rings is 1. The van der Waals surface area contributed by atoms with Crippen molar-refractivity contribution in [2.75, 3.05) is 18.6 Å². The fraction of sp³-hybridized carbons (Fsp3) is 0.214. The van der Waals surface area contributed by atoms with Crippen molar-refractivity contribution in [1.82, 2.24) is 4.98 Å². The molecule has 1 N–H and O–H groups in total. The summed E-state index contributed by atoms with van der Waals surface area (Å²) in [6.45, 7) is 0.280. The molecule has 0 aliphatic heterocycles. The minimum Gasteiger partial charge on any atom is -0.487 e. The first-order valence-corrected chi connectivity index (χ1v) is 7.94. The third-order valence-electron chi connectivity index (χ3n) is 2.73. The predicted molar refractivity (Wildman–Crippen MR) is 77.7 cm³/mol. The Morgan fingerprint density at radius 3 is 2.75 bits per heavy atom. The van der Waals surface area contributed by atoms with Gasteiger partial charge in [0.25, 0.3) is 0 Å². The smallest absolute Gasteiger partial charge is 0.175 e. The van der Waals surface area contributed by atoms with E-state index in [9.17, 15) is 8.42 Å². The van der Waals surface area contributed by atoms with Gasteiger partial charge in [-0.15, -0.1) is 0 Å². The maximum absolute atomic E-state index is 11.5. The highest BCUT2D eigenvalue weighted by Crippen LogP contribution is 2.18. The summed E-state index contributed by atoms with van der Waals surface area (Å²) in [6.07, 6.45) is 2.86. The third kappa shape index (κ3) is 3.71. The molecule has 6 heteroatoms. The molecule has 106 valence electrons. The molecule has 0 aliphatic rings. The molecule has 0 amide bonds. The highest BCUT2D eigenvalue weighted by Gasteiger charge is 2.08. The van der Waals surface area contributed by atoms with E-state index in [1.807, 2.05) is 19.2 Å². The van der Waals surface area contributed by atoms with Crippen molar-refractivity contribution in [3.05, 3.63) is 48.3 Å². The molecule has 0 saturated carbocycles. The summed E-state index contributed by atoms with van der Waals surface area (Å²) < 4.78 is 28.5. The summed E-state index contributed by atoms with van der Waals surface area (Å²) in [7, 11) is -1.40. The highest BCUT2D eigenvalue weighted by atomic mass is 32.2. The second kappa shape index (κ2) is 5.92. The van der Waals surface area contributed by atoms with Crippen LogP contribution in [0.25, 0.3) is 0 Å². The fourth-order valence-electron chi connectivity index (χ4n) is 1.66. The normalized spacial score (nSPS) is 11.1. The lowest BCUT2D eigenvalue weighted by Gasteiger charge is -2.08. The molecular weight excluding hydrogens is 276 g/mol. The second-order valence-electron chi connectivity index (χ2n) is 4.32. The van der Waals surface area contributed by atoms with Gasteiger partial charge in [0.05, 0.1) is 10.6 Å². The van der Waals surface area contributed by atoms with Gasteiger partial charge < -0.3 is 10.1 Å². The van der Waals surface area contributed by atoms with Gasteiger partial charge in [-0.05, 0) is 30.3 Å². The van der Waals surface area contributed by atoms with Gasteiger partial charge in [-0.2, -0.15) is 0 Å². The van der Waals surface area contributed by atoms with Crippen LogP contribution in [0, 0.1) is 0 Å². The van der Waals surface area contributed by atoms with Crippen molar-refractivity contribution in [3.8, 4) is 5.75 Å². The number of anilines is 1. The Morgan fingerprint density at radius 1 is 1.25 bits per heavy atom. The number of nitrogens with zero attached hydrogens (tertiary/aromatic N) is 1. The number of nitrogens with one attached hydrogen (secondary N) is 1. The number of hydrogen-bond donors (Lipinski definition) is 1.